The molecule has 1 aliphatic heterocycles. The molecule has 21 heavy (non-hydrogen) atoms. The van der Waals surface area contributed by atoms with Gasteiger partial charge in [-0.1, -0.05) is 35.5 Å². The Labute approximate surface area is 125 Å². The number of likely N-dealkylation sites (tertiary alicyclic amines) is 1. The highest BCUT2D eigenvalue weighted by molar-refractivity contribution is 5.53. The van der Waals surface area contributed by atoms with Crippen molar-refractivity contribution in [2.45, 2.75) is 19.4 Å². The highest BCUT2D eigenvalue weighted by atomic mass is 16.5. The van der Waals surface area contributed by atoms with Gasteiger partial charge >= 0.3 is 0 Å². The first kappa shape index (κ1) is 14.2. The Kier molecular flexibility index (Phi) is 4.62. The van der Waals surface area contributed by atoms with Crippen molar-refractivity contribution in [2.75, 3.05) is 26.7 Å². The molecule has 0 aliphatic carbocycles. The molecule has 2 aromatic rings. The van der Waals surface area contributed by atoms with Crippen LogP contribution in [0.4, 0.5) is 0 Å². The maximum atomic E-state index is 5.38. The summed E-state index contributed by atoms with van der Waals surface area (Å²) in [5, 5.41) is 7.34. The highest BCUT2D eigenvalue weighted by Crippen LogP contribution is 2.19. The lowest BCUT2D eigenvalue weighted by Gasteiger charge is -2.30. The Hall–Kier alpha value is -1.72. The predicted octanol–water partition coefficient (Wildman–Crippen LogP) is 2.17. The quantitative estimate of drug-likeness (QED) is 0.913. The lowest BCUT2D eigenvalue weighted by atomic mass is 9.97. The van der Waals surface area contributed by atoms with Gasteiger partial charge in [0, 0.05) is 5.56 Å². The summed E-state index contributed by atoms with van der Waals surface area (Å²) in [5.74, 6) is 2.19. The molecule has 0 radical (unpaired) electrons. The third-order valence-corrected chi connectivity index (χ3v) is 4.06. The van der Waals surface area contributed by atoms with E-state index in [0.29, 0.717) is 11.7 Å². The number of hydrogen-bond acceptors (Lipinski definition) is 5. The lowest BCUT2D eigenvalue weighted by Crippen LogP contribution is -2.36. The normalized spacial score (nSPS) is 17.2. The van der Waals surface area contributed by atoms with Gasteiger partial charge in [0.05, 0.1) is 6.54 Å². The van der Waals surface area contributed by atoms with Crippen LogP contribution in [0.1, 0.15) is 18.7 Å². The summed E-state index contributed by atoms with van der Waals surface area (Å²) in [6, 6.07) is 9.95. The van der Waals surface area contributed by atoms with Crippen LogP contribution in [0.3, 0.4) is 0 Å². The van der Waals surface area contributed by atoms with Crippen molar-refractivity contribution in [3.8, 4) is 11.4 Å². The molecule has 1 N–H and O–H groups in total. The molecule has 0 amide bonds. The van der Waals surface area contributed by atoms with Crippen molar-refractivity contribution in [1.29, 1.82) is 0 Å². The fourth-order valence-corrected chi connectivity index (χ4v) is 2.85. The molecule has 0 atom stereocenters. The molecule has 1 aromatic carbocycles. The van der Waals surface area contributed by atoms with E-state index in [1.54, 1.807) is 0 Å². The molecule has 3 rings (SSSR count). The zero-order chi connectivity index (χ0) is 14.5. The topological polar surface area (TPSA) is 54.2 Å². The fourth-order valence-electron chi connectivity index (χ4n) is 2.85. The van der Waals surface area contributed by atoms with E-state index in [1.165, 1.54) is 12.8 Å². The zero-order valence-corrected chi connectivity index (χ0v) is 12.5. The summed E-state index contributed by atoms with van der Waals surface area (Å²) in [6.45, 7) is 4.09. The highest BCUT2D eigenvalue weighted by Gasteiger charge is 2.20. The van der Waals surface area contributed by atoms with Crippen molar-refractivity contribution in [3.63, 3.8) is 0 Å². The van der Waals surface area contributed by atoms with E-state index in [-0.39, 0.29) is 0 Å². The number of nitrogens with zero attached hydrogens (tertiary/aromatic N) is 3. The summed E-state index contributed by atoms with van der Waals surface area (Å²) in [4.78, 5) is 6.90. The van der Waals surface area contributed by atoms with Gasteiger partial charge in [-0.3, -0.25) is 4.90 Å². The molecule has 1 aliphatic rings. The van der Waals surface area contributed by atoms with E-state index in [0.717, 1.165) is 37.7 Å². The second-order valence-corrected chi connectivity index (χ2v) is 5.65. The number of benzene rings is 1. The molecule has 0 bridgehead atoms. The van der Waals surface area contributed by atoms with Crippen molar-refractivity contribution in [3.05, 3.63) is 36.2 Å². The molecule has 112 valence electrons. The number of piperidine rings is 1. The standard InChI is InChI=1S/C16H22N4O/c1-17-11-13-7-9-20(10-8-13)12-15-18-16(19-21-15)14-5-3-2-4-6-14/h2-6,13,17H,7-12H2,1H3. The van der Waals surface area contributed by atoms with Crippen molar-refractivity contribution in [1.82, 2.24) is 20.4 Å². The average molecular weight is 286 g/mol. The number of aromatic nitrogens is 2. The van der Waals surface area contributed by atoms with E-state index in [2.05, 4.69) is 20.4 Å². The van der Waals surface area contributed by atoms with Gasteiger partial charge in [-0.2, -0.15) is 4.98 Å². The van der Waals surface area contributed by atoms with Gasteiger partial charge in [-0.25, -0.2) is 0 Å². The van der Waals surface area contributed by atoms with Gasteiger partial charge in [0.1, 0.15) is 0 Å². The molecule has 0 unspecified atom stereocenters. The van der Waals surface area contributed by atoms with Gasteiger partial charge in [-0.15, -0.1) is 0 Å². The second kappa shape index (κ2) is 6.83. The molecule has 2 heterocycles. The van der Waals surface area contributed by atoms with Crippen LogP contribution in [0.25, 0.3) is 11.4 Å². The summed E-state index contributed by atoms with van der Waals surface area (Å²) >= 11 is 0. The zero-order valence-electron chi connectivity index (χ0n) is 12.5. The van der Waals surface area contributed by atoms with Crippen molar-refractivity contribution in [2.24, 2.45) is 5.92 Å². The van der Waals surface area contributed by atoms with Gasteiger partial charge < -0.3 is 9.84 Å². The number of hydrogen-bond donors (Lipinski definition) is 1. The molecular weight excluding hydrogens is 264 g/mol. The third kappa shape index (κ3) is 3.68. The third-order valence-electron chi connectivity index (χ3n) is 4.06. The maximum absolute atomic E-state index is 5.38. The van der Waals surface area contributed by atoms with E-state index >= 15 is 0 Å². The van der Waals surface area contributed by atoms with Gasteiger partial charge in [0.15, 0.2) is 0 Å². The van der Waals surface area contributed by atoms with Crippen LogP contribution < -0.4 is 5.32 Å². The van der Waals surface area contributed by atoms with Crippen LogP contribution in [0.2, 0.25) is 0 Å². The Balaban J connectivity index is 1.56. The van der Waals surface area contributed by atoms with E-state index in [1.807, 2.05) is 37.4 Å². The van der Waals surface area contributed by atoms with Crippen LogP contribution in [0, 0.1) is 5.92 Å². The number of nitrogens with one attached hydrogen (secondary N) is 1. The summed E-state index contributed by atoms with van der Waals surface area (Å²) < 4.78 is 5.38. The first-order valence-corrected chi connectivity index (χ1v) is 7.60. The molecule has 5 nitrogen and oxygen atoms in total. The van der Waals surface area contributed by atoms with Crippen LogP contribution in [-0.4, -0.2) is 41.7 Å². The Morgan fingerprint density at radius 2 is 2.00 bits per heavy atom. The molecule has 1 fully saturated rings. The van der Waals surface area contributed by atoms with E-state index in [4.69, 9.17) is 4.52 Å². The maximum Gasteiger partial charge on any atom is 0.241 e. The average Bonchev–Trinajstić information content (AvgIpc) is 2.99. The SMILES string of the molecule is CNCC1CCN(Cc2nc(-c3ccccc3)no2)CC1. The number of rotatable bonds is 5. The smallest absolute Gasteiger partial charge is 0.241 e. The summed E-state index contributed by atoms with van der Waals surface area (Å²) in [7, 11) is 2.02. The largest absolute Gasteiger partial charge is 0.338 e. The van der Waals surface area contributed by atoms with E-state index in [9.17, 15) is 0 Å². The Morgan fingerprint density at radius 3 is 2.71 bits per heavy atom. The molecule has 1 saturated heterocycles. The summed E-state index contributed by atoms with van der Waals surface area (Å²) in [6.07, 6.45) is 2.47. The van der Waals surface area contributed by atoms with Crippen molar-refractivity contribution >= 4 is 0 Å². The van der Waals surface area contributed by atoms with Gasteiger partial charge in [0.2, 0.25) is 11.7 Å². The summed E-state index contributed by atoms with van der Waals surface area (Å²) in [5.41, 5.74) is 1.00. The molecular formula is C16H22N4O. The Bertz CT molecular complexity index is 546. The molecule has 0 saturated carbocycles. The monoisotopic (exact) mass is 286 g/mol. The first-order chi connectivity index (χ1) is 10.3. The molecule has 5 heteroatoms. The predicted molar refractivity (Wildman–Crippen MR) is 81.7 cm³/mol. The lowest BCUT2D eigenvalue weighted by molar-refractivity contribution is 0.159. The minimum atomic E-state index is 0.677. The minimum absolute atomic E-state index is 0.677. The second-order valence-electron chi connectivity index (χ2n) is 5.65. The van der Waals surface area contributed by atoms with Crippen LogP contribution >= 0.6 is 0 Å². The van der Waals surface area contributed by atoms with Gasteiger partial charge in [-0.05, 0) is 45.4 Å². The van der Waals surface area contributed by atoms with Crippen LogP contribution in [0.5, 0.6) is 0 Å². The minimum Gasteiger partial charge on any atom is -0.338 e. The molecule has 0 spiro atoms. The molecule has 1 aromatic heterocycles. The van der Waals surface area contributed by atoms with Crippen LogP contribution in [-0.2, 0) is 6.54 Å². The first-order valence-electron chi connectivity index (χ1n) is 7.60. The fraction of sp³-hybridized carbons (Fsp3) is 0.500. The van der Waals surface area contributed by atoms with Crippen LogP contribution in [0.15, 0.2) is 34.9 Å². The van der Waals surface area contributed by atoms with Gasteiger partial charge in [0.25, 0.3) is 0 Å². The van der Waals surface area contributed by atoms with E-state index < -0.39 is 0 Å². The Morgan fingerprint density at radius 1 is 1.24 bits per heavy atom. The van der Waals surface area contributed by atoms with Crippen molar-refractivity contribution < 1.29 is 4.52 Å².